The van der Waals surface area contributed by atoms with Gasteiger partial charge in [-0.25, -0.2) is 4.39 Å². The third-order valence-corrected chi connectivity index (χ3v) is 5.57. The lowest BCUT2D eigenvalue weighted by molar-refractivity contribution is -0.140. The summed E-state index contributed by atoms with van der Waals surface area (Å²) < 4.78 is 19.7. The molecule has 7 heteroatoms. The average Bonchev–Trinajstić information content (AvgIpc) is 3.01. The summed E-state index contributed by atoms with van der Waals surface area (Å²) in [4.78, 5) is 22.5. The van der Waals surface area contributed by atoms with Crippen LogP contribution in [0.15, 0.2) is 30.3 Å². The van der Waals surface area contributed by atoms with E-state index in [1.807, 2.05) is 27.7 Å². The maximum absolute atomic E-state index is 13.6. The molecule has 0 saturated heterocycles. The number of fused-ring (bicyclic) bond motifs is 1. The number of Topliss-reactive ketones (excluding diaryl/α,β-unsaturated/α-hetero) is 1. The summed E-state index contributed by atoms with van der Waals surface area (Å²) in [6.45, 7) is 7.88. The number of aromatic hydroxyl groups is 1. The molecule has 6 nitrogen and oxygen atoms in total. The topological polar surface area (TPSA) is 104 Å². The maximum atomic E-state index is 13.6. The average molecular weight is 457 g/mol. The highest BCUT2D eigenvalue weighted by molar-refractivity contribution is 5.95. The van der Waals surface area contributed by atoms with Crippen molar-refractivity contribution in [3.05, 3.63) is 52.8 Å². The Hall–Kier alpha value is -3.19. The molecule has 1 aliphatic rings. The molecule has 0 radical (unpaired) electrons. The van der Waals surface area contributed by atoms with Crippen LogP contribution >= 0.6 is 0 Å². The van der Waals surface area contributed by atoms with Crippen LogP contribution in [0.4, 0.5) is 4.39 Å². The quantitative estimate of drug-likeness (QED) is 0.491. The summed E-state index contributed by atoms with van der Waals surface area (Å²) >= 11 is 0. The molecule has 3 rings (SSSR count). The molecular weight excluding hydrogens is 427 g/mol. The van der Waals surface area contributed by atoms with Gasteiger partial charge in [0.2, 0.25) is 0 Å². The standard InChI is InChI=1S/C26H29FO6/c1-14(2)22-19(10-9-17(28)11-18(29)12-21(30)31)23(15-5-7-16(27)8-6-15)24(32)25-20(22)13-26(3,4)33-25/h5-10,14,17,28,32H,11-13H2,1-4H3,(H,30,31)/b10-9+. The molecule has 1 unspecified atom stereocenters. The molecule has 2 aromatic rings. The first-order valence-electron chi connectivity index (χ1n) is 10.9. The minimum absolute atomic E-state index is 0.0292. The zero-order valence-corrected chi connectivity index (χ0v) is 19.2. The lowest BCUT2D eigenvalue weighted by Gasteiger charge is -2.21. The normalized spacial score (nSPS) is 15.5. The predicted octanol–water partition coefficient (Wildman–Crippen LogP) is 4.84. The van der Waals surface area contributed by atoms with Gasteiger partial charge >= 0.3 is 5.97 Å². The summed E-state index contributed by atoms with van der Waals surface area (Å²) in [7, 11) is 0. The van der Waals surface area contributed by atoms with Crippen LogP contribution in [0.1, 0.15) is 63.1 Å². The number of phenols is 1. The molecule has 0 fully saturated rings. The van der Waals surface area contributed by atoms with E-state index in [2.05, 4.69) is 0 Å². The van der Waals surface area contributed by atoms with Crippen molar-refractivity contribution in [1.82, 2.24) is 0 Å². The molecular formula is C26H29FO6. The van der Waals surface area contributed by atoms with Crippen LogP contribution in [-0.4, -0.2) is 38.8 Å². The van der Waals surface area contributed by atoms with Crippen LogP contribution in [0.5, 0.6) is 11.5 Å². The lowest BCUT2D eigenvalue weighted by atomic mass is 9.83. The molecule has 2 aromatic carbocycles. The molecule has 0 aromatic heterocycles. The number of rotatable bonds is 8. The number of carbonyl (C=O) groups excluding carboxylic acids is 1. The molecule has 0 spiro atoms. The number of aliphatic carboxylic acids is 1. The van der Waals surface area contributed by atoms with Crippen LogP contribution in [-0.2, 0) is 16.0 Å². The molecule has 0 bridgehead atoms. The van der Waals surface area contributed by atoms with Crippen molar-refractivity contribution in [3.8, 4) is 22.6 Å². The Labute approximate surface area is 192 Å². The van der Waals surface area contributed by atoms with Crippen molar-refractivity contribution >= 4 is 17.8 Å². The van der Waals surface area contributed by atoms with Gasteiger partial charge in [-0.15, -0.1) is 0 Å². The van der Waals surface area contributed by atoms with Gasteiger partial charge in [0.25, 0.3) is 0 Å². The Morgan fingerprint density at radius 1 is 1.21 bits per heavy atom. The Kier molecular flexibility index (Phi) is 6.93. The minimum Gasteiger partial charge on any atom is -0.504 e. The second kappa shape index (κ2) is 9.35. The van der Waals surface area contributed by atoms with Gasteiger partial charge in [-0.2, -0.15) is 0 Å². The van der Waals surface area contributed by atoms with Gasteiger partial charge in [0.1, 0.15) is 23.6 Å². The number of phenolic OH excluding ortho intramolecular Hbond substituents is 1. The Bertz CT molecular complexity index is 1100. The molecule has 1 aliphatic heterocycles. The molecule has 1 heterocycles. The molecule has 3 N–H and O–H groups in total. The number of carboxylic acids is 1. The van der Waals surface area contributed by atoms with Gasteiger partial charge in [0.05, 0.1) is 6.10 Å². The third kappa shape index (κ3) is 5.42. The van der Waals surface area contributed by atoms with E-state index < -0.39 is 35.7 Å². The largest absolute Gasteiger partial charge is 0.504 e. The minimum atomic E-state index is -1.25. The predicted molar refractivity (Wildman–Crippen MR) is 123 cm³/mol. The zero-order chi connectivity index (χ0) is 24.5. The summed E-state index contributed by atoms with van der Waals surface area (Å²) in [6.07, 6.45) is 1.45. The van der Waals surface area contributed by atoms with E-state index in [0.717, 1.165) is 11.1 Å². The number of ether oxygens (including phenoxy) is 1. The van der Waals surface area contributed by atoms with E-state index in [9.17, 15) is 24.2 Å². The van der Waals surface area contributed by atoms with Crippen LogP contribution in [0.3, 0.4) is 0 Å². The second-order valence-corrected chi connectivity index (χ2v) is 9.30. The van der Waals surface area contributed by atoms with Gasteiger partial charge in [-0.3, -0.25) is 9.59 Å². The number of aliphatic hydroxyl groups is 1. The summed E-state index contributed by atoms with van der Waals surface area (Å²) in [5, 5.41) is 30.3. The van der Waals surface area contributed by atoms with Crippen molar-refractivity contribution < 1.29 is 34.0 Å². The molecule has 33 heavy (non-hydrogen) atoms. The number of hydrogen-bond donors (Lipinski definition) is 3. The number of halogens is 1. The van der Waals surface area contributed by atoms with Gasteiger partial charge in [0.15, 0.2) is 11.5 Å². The number of benzene rings is 2. The fraction of sp³-hybridized carbons (Fsp3) is 0.385. The van der Waals surface area contributed by atoms with Crippen LogP contribution in [0.25, 0.3) is 17.2 Å². The SMILES string of the molecule is CC(C)c1c(/C=C/C(O)CC(=O)CC(=O)O)c(-c2ccc(F)cc2)c(O)c2c1CC(C)(C)O2. The van der Waals surface area contributed by atoms with E-state index in [-0.39, 0.29) is 18.1 Å². The van der Waals surface area contributed by atoms with Crippen LogP contribution < -0.4 is 4.74 Å². The van der Waals surface area contributed by atoms with Gasteiger partial charge in [-0.1, -0.05) is 38.1 Å². The molecule has 0 aliphatic carbocycles. The van der Waals surface area contributed by atoms with Gasteiger partial charge in [-0.05, 0) is 48.6 Å². The van der Waals surface area contributed by atoms with Crippen LogP contribution in [0, 0.1) is 5.82 Å². The fourth-order valence-electron chi connectivity index (χ4n) is 4.32. The summed E-state index contributed by atoms with van der Waals surface area (Å²) in [5.41, 5.74) is 2.93. The van der Waals surface area contributed by atoms with E-state index in [1.165, 1.54) is 18.2 Å². The molecule has 0 saturated carbocycles. The van der Waals surface area contributed by atoms with E-state index in [1.54, 1.807) is 18.2 Å². The number of ketones is 1. The number of carboxylic acid groups (broad SMARTS) is 1. The second-order valence-electron chi connectivity index (χ2n) is 9.30. The molecule has 1 atom stereocenters. The van der Waals surface area contributed by atoms with E-state index in [0.29, 0.717) is 28.9 Å². The lowest BCUT2D eigenvalue weighted by Crippen LogP contribution is -2.24. The van der Waals surface area contributed by atoms with Gasteiger partial charge in [0, 0.05) is 24.0 Å². The Morgan fingerprint density at radius 3 is 2.42 bits per heavy atom. The summed E-state index contributed by atoms with van der Waals surface area (Å²) in [6, 6.07) is 5.72. The van der Waals surface area contributed by atoms with Crippen molar-refractivity contribution in [2.24, 2.45) is 0 Å². The number of aliphatic hydroxyl groups excluding tert-OH is 1. The fourth-order valence-corrected chi connectivity index (χ4v) is 4.32. The molecule has 0 amide bonds. The highest BCUT2D eigenvalue weighted by Gasteiger charge is 2.37. The third-order valence-electron chi connectivity index (χ3n) is 5.57. The number of hydrogen-bond acceptors (Lipinski definition) is 5. The van der Waals surface area contributed by atoms with Crippen molar-refractivity contribution in [3.63, 3.8) is 0 Å². The molecule has 176 valence electrons. The Morgan fingerprint density at radius 2 is 1.85 bits per heavy atom. The first-order valence-corrected chi connectivity index (χ1v) is 10.9. The van der Waals surface area contributed by atoms with Crippen LogP contribution in [0.2, 0.25) is 0 Å². The highest BCUT2D eigenvalue weighted by atomic mass is 19.1. The zero-order valence-electron chi connectivity index (χ0n) is 19.2. The summed E-state index contributed by atoms with van der Waals surface area (Å²) in [5.74, 6) is -1.88. The van der Waals surface area contributed by atoms with E-state index >= 15 is 0 Å². The first-order chi connectivity index (χ1) is 15.4. The van der Waals surface area contributed by atoms with Gasteiger partial charge < -0.3 is 20.1 Å². The highest BCUT2D eigenvalue weighted by Crippen LogP contribution is 2.52. The van der Waals surface area contributed by atoms with Crippen molar-refractivity contribution in [1.29, 1.82) is 0 Å². The maximum Gasteiger partial charge on any atom is 0.310 e. The van der Waals surface area contributed by atoms with Crippen molar-refractivity contribution in [2.45, 2.75) is 64.6 Å². The van der Waals surface area contributed by atoms with Crippen molar-refractivity contribution in [2.75, 3.05) is 0 Å². The number of carbonyl (C=O) groups is 2. The van der Waals surface area contributed by atoms with E-state index in [4.69, 9.17) is 9.84 Å². The Balaban J connectivity index is 2.16. The smallest absolute Gasteiger partial charge is 0.310 e. The monoisotopic (exact) mass is 456 g/mol. The first kappa shape index (κ1) is 24.5.